The minimum Gasteiger partial charge on any atom is -0.398 e. The molecule has 0 aliphatic heterocycles. The molecule has 0 aliphatic rings. The molecule has 0 bridgehead atoms. The lowest BCUT2D eigenvalue weighted by molar-refractivity contribution is -0.119. The third kappa shape index (κ3) is 3.06. The number of hydrogen-bond donors (Lipinski definition) is 1. The Morgan fingerprint density at radius 1 is 1.20 bits per heavy atom. The molecule has 2 N–H and O–H groups in total. The zero-order valence-corrected chi connectivity index (χ0v) is 11.3. The molecule has 0 atom stereocenters. The summed E-state index contributed by atoms with van der Waals surface area (Å²) in [5.74, 6) is -0.147. The Kier molecular flexibility index (Phi) is 4.20. The van der Waals surface area contributed by atoms with E-state index >= 15 is 0 Å². The van der Waals surface area contributed by atoms with E-state index in [1.807, 2.05) is 37.3 Å². The summed E-state index contributed by atoms with van der Waals surface area (Å²) in [6.07, 6.45) is 1.49. The number of pyridine rings is 1. The van der Waals surface area contributed by atoms with Gasteiger partial charge in [0, 0.05) is 30.2 Å². The summed E-state index contributed by atoms with van der Waals surface area (Å²) in [7, 11) is 0. The van der Waals surface area contributed by atoms with Gasteiger partial charge in [0.2, 0.25) is 5.91 Å². The van der Waals surface area contributed by atoms with Crippen molar-refractivity contribution in [2.75, 3.05) is 17.2 Å². The van der Waals surface area contributed by atoms with E-state index in [2.05, 4.69) is 0 Å². The molecule has 5 heteroatoms. The number of nitrogens with zero attached hydrogens (tertiary/aromatic N) is 2. The van der Waals surface area contributed by atoms with Gasteiger partial charge in [0.05, 0.1) is 0 Å². The third-order valence-corrected chi connectivity index (χ3v) is 3.00. The molecule has 2 aromatic rings. The predicted octanol–water partition coefficient (Wildman–Crippen LogP) is 1.48. The molecular weight excluding hydrogens is 254 g/mol. The van der Waals surface area contributed by atoms with E-state index < -0.39 is 0 Å². The molecular formula is C15H17N3O2. The first-order valence-electron chi connectivity index (χ1n) is 6.43. The number of para-hydroxylation sites is 1. The molecule has 0 fully saturated rings. The maximum Gasteiger partial charge on any atom is 0.251 e. The fraction of sp³-hybridized carbons (Fsp3) is 0.200. The van der Waals surface area contributed by atoms with Gasteiger partial charge in [0.1, 0.15) is 6.54 Å². The molecule has 2 rings (SSSR count). The molecule has 0 aliphatic carbocycles. The van der Waals surface area contributed by atoms with Crippen LogP contribution in [0.2, 0.25) is 0 Å². The zero-order valence-electron chi connectivity index (χ0n) is 11.3. The second-order valence-corrected chi connectivity index (χ2v) is 4.40. The van der Waals surface area contributed by atoms with Crippen molar-refractivity contribution in [3.05, 3.63) is 59.0 Å². The molecule has 0 unspecified atom stereocenters. The van der Waals surface area contributed by atoms with Gasteiger partial charge in [0.25, 0.3) is 5.56 Å². The molecule has 0 spiro atoms. The molecule has 0 saturated carbocycles. The summed E-state index contributed by atoms with van der Waals surface area (Å²) < 4.78 is 1.32. The van der Waals surface area contributed by atoms with Crippen LogP contribution in [-0.2, 0) is 11.3 Å². The van der Waals surface area contributed by atoms with Crippen LogP contribution in [0, 0.1) is 0 Å². The van der Waals surface area contributed by atoms with E-state index in [9.17, 15) is 9.59 Å². The molecule has 20 heavy (non-hydrogen) atoms. The molecule has 1 amide bonds. The summed E-state index contributed by atoms with van der Waals surface area (Å²) in [6.45, 7) is 2.42. The summed E-state index contributed by atoms with van der Waals surface area (Å²) in [6, 6.07) is 12.3. The number of carbonyl (C=O) groups excluding carboxylic acids is 1. The molecule has 104 valence electrons. The van der Waals surface area contributed by atoms with Gasteiger partial charge >= 0.3 is 0 Å². The van der Waals surface area contributed by atoms with Crippen LogP contribution in [0.5, 0.6) is 0 Å². The van der Waals surface area contributed by atoms with Crippen molar-refractivity contribution in [3.8, 4) is 0 Å². The van der Waals surface area contributed by atoms with Crippen LogP contribution in [0.4, 0.5) is 11.4 Å². The fourth-order valence-corrected chi connectivity index (χ4v) is 2.02. The highest BCUT2D eigenvalue weighted by Crippen LogP contribution is 2.13. The number of nitrogens with two attached hydrogens (primary N) is 1. The minimum atomic E-state index is -0.239. The van der Waals surface area contributed by atoms with Crippen LogP contribution < -0.4 is 16.2 Å². The molecule has 0 saturated heterocycles. The fourth-order valence-electron chi connectivity index (χ4n) is 2.02. The number of anilines is 2. The standard InChI is InChI=1S/C15H17N3O2/c1-2-18(13-6-4-3-5-7-13)15(20)11-17-10-12(16)8-9-14(17)19/h3-10H,2,11,16H2,1H3. The highest BCUT2D eigenvalue weighted by molar-refractivity contribution is 5.93. The number of aromatic nitrogens is 1. The third-order valence-electron chi connectivity index (χ3n) is 3.00. The van der Waals surface area contributed by atoms with E-state index in [0.29, 0.717) is 12.2 Å². The summed E-state index contributed by atoms with van der Waals surface area (Å²) >= 11 is 0. The van der Waals surface area contributed by atoms with Gasteiger partial charge in [-0.3, -0.25) is 9.59 Å². The van der Waals surface area contributed by atoms with Crippen LogP contribution in [-0.4, -0.2) is 17.0 Å². The van der Waals surface area contributed by atoms with Crippen molar-refractivity contribution < 1.29 is 4.79 Å². The predicted molar refractivity (Wildman–Crippen MR) is 79.6 cm³/mol. The van der Waals surface area contributed by atoms with Crippen molar-refractivity contribution in [3.63, 3.8) is 0 Å². The lowest BCUT2D eigenvalue weighted by Crippen LogP contribution is -2.36. The maximum atomic E-state index is 12.3. The number of hydrogen-bond acceptors (Lipinski definition) is 3. The molecule has 1 aromatic heterocycles. The Hall–Kier alpha value is -2.56. The van der Waals surface area contributed by atoms with Gasteiger partial charge in [0.15, 0.2) is 0 Å². The first-order chi connectivity index (χ1) is 9.61. The van der Waals surface area contributed by atoms with E-state index in [1.54, 1.807) is 4.90 Å². The van der Waals surface area contributed by atoms with Crippen molar-refractivity contribution >= 4 is 17.3 Å². The SMILES string of the molecule is CCN(C(=O)Cn1cc(N)ccc1=O)c1ccccc1. The Labute approximate surface area is 117 Å². The van der Waals surface area contributed by atoms with Gasteiger partial charge in [-0.25, -0.2) is 0 Å². The molecule has 1 aromatic carbocycles. The molecule has 1 heterocycles. The van der Waals surface area contributed by atoms with Crippen LogP contribution in [0.3, 0.4) is 0 Å². The van der Waals surface area contributed by atoms with Crippen molar-refractivity contribution in [1.82, 2.24) is 4.57 Å². The highest BCUT2D eigenvalue weighted by atomic mass is 16.2. The van der Waals surface area contributed by atoms with Crippen molar-refractivity contribution in [2.45, 2.75) is 13.5 Å². The molecule has 5 nitrogen and oxygen atoms in total. The minimum absolute atomic E-state index is 0.0212. The maximum absolute atomic E-state index is 12.3. The number of benzene rings is 1. The Morgan fingerprint density at radius 3 is 2.55 bits per heavy atom. The van der Waals surface area contributed by atoms with Crippen LogP contribution in [0.1, 0.15) is 6.92 Å². The van der Waals surface area contributed by atoms with Gasteiger partial charge in [-0.05, 0) is 25.1 Å². The Balaban J connectivity index is 2.22. The average molecular weight is 271 g/mol. The van der Waals surface area contributed by atoms with E-state index in [1.165, 1.54) is 22.9 Å². The smallest absolute Gasteiger partial charge is 0.251 e. The zero-order chi connectivity index (χ0) is 14.5. The number of rotatable bonds is 4. The largest absolute Gasteiger partial charge is 0.398 e. The lowest BCUT2D eigenvalue weighted by atomic mass is 10.3. The number of likely N-dealkylation sites (N-methyl/N-ethyl adjacent to an activating group) is 1. The van der Waals surface area contributed by atoms with Crippen LogP contribution in [0.25, 0.3) is 0 Å². The Bertz CT molecular complexity index is 650. The molecule has 0 radical (unpaired) electrons. The van der Waals surface area contributed by atoms with Crippen LogP contribution >= 0.6 is 0 Å². The average Bonchev–Trinajstić information content (AvgIpc) is 2.45. The van der Waals surface area contributed by atoms with Crippen LogP contribution in [0.15, 0.2) is 53.5 Å². The Morgan fingerprint density at radius 2 is 1.90 bits per heavy atom. The summed E-state index contributed by atoms with van der Waals surface area (Å²) in [4.78, 5) is 25.7. The van der Waals surface area contributed by atoms with E-state index in [0.717, 1.165) is 5.69 Å². The van der Waals surface area contributed by atoms with Gasteiger partial charge in [-0.15, -0.1) is 0 Å². The van der Waals surface area contributed by atoms with Gasteiger partial charge in [-0.2, -0.15) is 0 Å². The van der Waals surface area contributed by atoms with E-state index in [4.69, 9.17) is 5.73 Å². The van der Waals surface area contributed by atoms with E-state index in [-0.39, 0.29) is 18.0 Å². The first kappa shape index (κ1) is 13.9. The van der Waals surface area contributed by atoms with Crippen molar-refractivity contribution in [2.24, 2.45) is 0 Å². The lowest BCUT2D eigenvalue weighted by Gasteiger charge is -2.21. The van der Waals surface area contributed by atoms with Gasteiger partial charge in [-0.1, -0.05) is 18.2 Å². The quantitative estimate of drug-likeness (QED) is 0.916. The monoisotopic (exact) mass is 271 g/mol. The highest BCUT2D eigenvalue weighted by Gasteiger charge is 2.14. The number of amides is 1. The number of carbonyl (C=O) groups is 1. The van der Waals surface area contributed by atoms with Gasteiger partial charge < -0.3 is 15.2 Å². The normalized spacial score (nSPS) is 10.2. The second kappa shape index (κ2) is 6.06. The second-order valence-electron chi connectivity index (χ2n) is 4.40. The number of nitrogen functional groups attached to an aromatic ring is 1. The summed E-state index contributed by atoms with van der Waals surface area (Å²) in [5.41, 5.74) is 6.67. The first-order valence-corrected chi connectivity index (χ1v) is 6.43. The topological polar surface area (TPSA) is 68.3 Å². The summed E-state index contributed by atoms with van der Waals surface area (Å²) in [5, 5.41) is 0. The van der Waals surface area contributed by atoms with Crippen molar-refractivity contribution in [1.29, 1.82) is 0 Å².